The number of rotatable bonds is 5. The largest absolute Gasteiger partial charge is 0.381 e. The zero-order chi connectivity index (χ0) is 14.5. The van der Waals surface area contributed by atoms with Crippen LogP contribution < -0.4 is 5.32 Å². The van der Waals surface area contributed by atoms with Gasteiger partial charge in [0.2, 0.25) is 0 Å². The lowest BCUT2D eigenvalue weighted by Crippen LogP contribution is -2.26. The number of nitrogens with zero attached hydrogens (tertiary/aromatic N) is 2. The van der Waals surface area contributed by atoms with Crippen molar-refractivity contribution < 1.29 is 4.74 Å². The van der Waals surface area contributed by atoms with E-state index in [4.69, 9.17) is 14.7 Å². The Bertz CT molecular complexity index is 416. The highest BCUT2D eigenvalue weighted by Gasteiger charge is 2.20. The van der Waals surface area contributed by atoms with Crippen LogP contribution in [0.2, 0.25) is 0 Å². The van der Waals surface area contributed by atoms with Crippen LogP contribution in [0.4, 0.5) is 0 Å². The Balaban J connectivity index is 2.07. The molecule has 0 aromatic carbocycles. The minimum absolute atomic E-state index is 0.379. The standard InChI is InChI=1S/C16H27N3O/c1-11(2)17-8-7-15-12(3)18-16(19-13(15)4)14-6-5-9-20-10-14/h11,14,17H,5-10H2,1-4H3. The lowest BCUT2D eigenvalue weighted by molar-refractivity contribution is 0.0779. The molecule has 1 fully saturated rings. The van der Waals surface area contributed by atoms with Gasteiger partial charge in [0.1, 0.15) is 5.82 Å². The van der Waals surface area contributed by atoms with Crippen LogP contribution in [0.1, 0.15) is 55.4 Å². The van der Waals surface area contributed by atoms with Crippen LogP contribution in [0, 0.1) is 13.8 Å². The molecule has 2 heterocycles. The summed E-state index contributed by atoms with van der Waals surface area (Å²) in [7, 11) is 0. The fourth-order valence-electron chi connectivity index (χ4n) is 2.74. The average molecular weight is 277 g/mol. The van der Waals surface area contributed by atoms with Crippen molar-refractivity contribution in [2.24, 2.45) is 0 Å². The first-order valence-corrected chi connectivity index (χ1v) is 7.73. The number of hydrogen-bond donors (Lipinski definition) is 1. The van der Waals surface area contributed by atoms with Gasteiger partial charge >= 0.3 is 0 Å². The number of aryl methyl sites for hydroxylation is 2. The van der Waals surface area contributed by atoms with Crippen LogP contribution in [0.5, 0.6) is 0 Å². The fraction of sp³-hybridized carbons (Fsp3) is 0.750. The van der Waals surface area contributed by atoms with E-state index in [1.54, 1.807) is 0 Å². The van der Waals surface area contributed by atoms with E-state index in [0.717, 1.165) is 56.2 Å². The number of ether oxygens (including phenoxy) is 1. The summed E-state index contributed by atoms with van der Waals surface area (Å²) in [5.41, 5.74) is 3.55. The maximum atomic E-state index is 5.55. The van der Waals surface area contributed by atoms with Crippen LogP contribution in [0.25, 0.3) is 0 Å². The summed E-state index contributed by atoms with van der Waals surface area (Å²) in [4.78, 5) is 9.47. The van der Waals surface area contributed by atoms with Gasteiger partial charge in [0.25, 0.3) is 0 Å². The summed E-state index contributed by atoms with van der Waals surface area (Å²) < 4.78 is 5.55. The number of nitrogens with one attached hydrogen (secondary N) is 1. The molecule has 0 saturated carbocycles. The highest BCUT2D eigenvalue weighted by molar-refractivity contribution is 5.25. The molecule has 112 valence electrons. The van der Waals surface area contributed by atoms with Gasteiger partial charge in [-0.25, -0.2) is 9.97 Å². The van der Waals surface area contributed by atoms with E-state index in [9.17, 15) is 0 Å². The minimum atomic E-state index is 0.379. The van der Waals surface area contributed by atoms with Crippen molar-refractivity contribution in [1.29, 1.82) is 0 Å². The second-order valence-corrected chi connectivity index (χ2v) is 6.00. The molecular formula is C16H27N3O. The van der Waals surface area contributed by atoms with Gasteiger partial charge in [0, 0.05) is 30.0 Å². The third-order valence-electron chi connectivity index (χ3n) is 3.89. The Kier molecular flexibility index (Phi) is 5.49. The van der Waals surface area contributed by atoms with E-state index < -0.39 is 0 Å². The monoisotopic (exact) mass is 277 g/mol. The molecule has 0 amide bonds. The third kappa shape index (κ3) is 4.00. The second kappa shape index (κ2) is 7.14. The molecule has 0 aliphatic carbocycles. The maximum absolute atomic E-state index is 5.55. The summed E-state index contributed by atoms with van der Waals surface area (Å²) in [6.07, 6.45) is 3.26. The summed E-state index contributed by atoms with van der Waals surface area (Å²) in [6.45, 7) is 11.2. The molecule has 0 bridgehead atoms. The summed E-state index contributed by atoms with van der Waals surface area (Å²) >= 11 is 0. The Hall–Kier alpha value is -1.00. The average Bonchev–Trinajstić information content (AvgIpc) is 2.42. The first-order valence-electron chi connectivity index (χ1n) is 7.73. The molecule has 2 rings (SSSR count). The van der Waals surface area contributed by atoms with Crippen molar-refractivity contribution in [2.75, 3.05) is 19.8 Å². The molecule has 1 N–H and O–H groups in total. The van der Waals surface area contributed by atoms with Crippen molar-refractivity contribution in [3.05, 3.63) is 22.8 Å². The van der Waals surface area contributed by atoms with Crippen LogP contribution in [-0.4, -0.2) is 35.8 Å². The SMILES string of the molecule is Cc1nc(C2CCCOC2)nc(C)c1CCNC(C)C. The zero-order valence-corrected chi connectivity index (χ0v) is 13.2. The molecule has 1 unspecified atom stereocenters. The molecule has 0 radical (unpaired) electrons. The predicted octanol–water partition coefficient (Wildman–Crippen LogP) is 2.53. The zero-order valence-electron chi connectivity index (χ0n) is 13.2. The molecule has 1 aliphatic heterocycles. The molecule has 1 aliphatic rings. The summed E-state index contributed by atoms with van der Waals surface area (Å²) in [5.74, 6) is 1.35. The Morgan fingerprint density at radius 1 is 1.25 bits per heavy atom. The van der Waals surface area contributed by atoms with E-state index >= 15 is 0 Å². The topological polar surface area (TPSA) is 47.0 Å². The smallest absolute Gasteiger partial charge is 0.134 e. The van der Waals surface area contributed by atoms with Crippen molar-refractivity contribution in [2.45, 2.75) is 58.9 Å². The minimum Gasteiger partial charge on any atom is -0.381 e. The number of hydrogen-bond acceptors (Lipinski definition) is 4. The first kappa shape index (κ1) is 15.4. The summed E-state index contributed by atoms with van der Waals surface area (Å²) in [5, 5.41) is 3.45. The van der Waals surface area contributed by atoms with Gasteiger partial charge in [-0.3, -0.25) is 0 Å². The fourth-order valence-corrected chi connectivity index (χ4v) is 2.74. The lowest BCUT2D eigenvalue weighted by atomic mass is 10.00. The van der Waals surface area contributed by atoms with E-state index in [-0.39, 0.29) is 0 Å². The molecule has 0 spiro atoms. The van der Waals surface area contributed by atoms with Gasteiger partial charge in [0.15, 0.2) is 0 Å². The molecule has 4 heteroatoms. The van der Waals surface area contributed by atoms with Gasteiger partial charge in [-0.1, -0.05) is 13.8 Å². The van der Waals surface area contributed by atoms with Crippen molar-refractivity contribution in [3.63, 3.8) is 0 Å². The Morgan fingerprint density at radius 2 is 1.95 bits per heavy atom. The van der Waals surface area contributed by atoms with E-state index in [1.807, 2.05) is 0 Å². The van der Waals surface area contributed by atoms with Crippen LogP contribution in [-0.2, 0) is 11.2 Å². The predicted molar refractivity (Wildman–Crippen MR) is 81.1 cm³/mol. The van der Waals surface area contributed by atoms with Gasteiger partial charge < -0.3 is 10.1 Å². The highest BCUT2D eigenvalue weighted by Crippen LogP contribution is 2.24. The normalized spacial score (nSPS) is 19.6. The van der Waals surface area contributed by atoms with E-state index in [0.29, 0.717) is 12.0 Å². The second-order valence-electron chi connectivity index (χ2n) is 6.00. The van der Waals surface area contributed by atoms with Gasteiger partial charge in [0.05, 0.1) is 6.61 Å². The molecule has 1 aromatic rings. The van der Waals surface area contributed by atoms with Crippen molar-refractivity contribution in [3.8, 4) is 0 Å². The van der Waals surface area contributed by atoms with Gasteiger partial charge in [-0.15, -0.1) is 0 Å². The first-order chi connectivity index (χ1) is 9.58. The van der Waals surface area contributed by atoms with E-state index in [1.165, 1.54) is 5.56 Å². The lowest BCUT2D eigenvalue weighted by Gasteiger charge is -2.22. The Morgan fingerprint density at radius 3 is 2.50 bits per heavy atom. The molecule has 20 heavy (non-hydrogen) atoms. The van der Waals surface area contributed by atoms with Gasteiger partial charge in [-0.2, -0.15) is 0 Å². The maximum Gasteiger partial charge on any atom is 0.134 e. The van der Waals surface area contributed by atoms with Crippen LogP contribution >= 0.6 is 0 Å². The Labute approximate surface area is 122 Å². The quantitative estimate of drug-likeness (QED) is 0.898. The highest BCUT2D eigenvalue weighted by atomic mass is 16.5. The molecule has 1 saturated heterocycles. The van der Waals surface area contributed by atoms with Gasteiger partial charge in [-0.05, 0) is 45.2 Å². The van der Waals surface area contributed by atoms with Crippen LogP contribution in [0.15, 0.2) is 0 Å². The van der Waals surface area contributed by atoms with Crippen molar-refractivity contribution >= 4 is 0 Å². The van der Waals surface area contributed by atoms with Crippen molar-refractivity contribution in [1.82, 2.24) is 15.3 Å². The third-order valence-corrected chi connectivity index (χ3v) is 3.89. The summed E-state index contributed by atoms with van der Waals surface area (Å²) in [6, 6.07) is 0.523. The number of aromatic nitrogens is 2. The molecule has 1 atom stereocenters. The van der Waals surface area contributed by atoms with Crippen LogP contribution in [0.3, 0.4) is 0 Å². The van der Waals surface area contributed by atoms with E-state index in [2.05, 4.69) is 33.0 Å². The molecule has 1 aromatic heterocycles. The molecule has 4 nitrogen and oxygen atoms in total. The molecular weight excluding hydrogens is 250 g/mol.